The minimum atomic E-state index is -0.562. The Bertz CT molecular complexity index is 1100. The van der Waals surface area contributed by atoms with Crippen molar-refractivity contribution in [1.29, 1.82) is 5.26 Å². The standard InChI is InChI=1S/C26H32N4O5/c1-4-5-6-11-35-24-13-21(9-10-22(24)33-2)30-17-20(25(28)31)16-29(26(30)32)15-19-8-7-18(14-27)12-23(19)34-3/h7-10,12-13,20H,4-6,11,15-17H2,1-3H3,(H2,28,31). The van der Waals surface area contributed by atoms with Crippen molar-refractivity contribution < 1.29 is 23.8 Å². The number of ether oxygens (including phenoxy) is 3. The van der Waals surface area contributed by atoms with E-state index in [2.05, 4.69) is 13.0 Å². The van der Waals surface area contributed by atoms with Crippen LogP contribution in [-0.2, 0) is 11.3 Å². The number of nitriles is 1. The smallest absolute Gasteiger partial charge is 0.324 e. The minimum Gasteiger partial charge on any atom is -0.496 e. The third kappa shape index (κ3) is 6.15. The zero-order valence-electron chi connectivity index (χ0n) is 20.5. The van der Waals surface area contributed by atoms with Crippen molar-refractivity contribution in [2.75, 3.05) is 38.8 Å². The highest BCUT2D eigenvalue weighted by Crippen LogP contribution is 2.34. The van der Waals surface area contributed by atoms with Crippen LogP contribution in [0.15, 0.2) is 36.4 Å². The molecule has 9 nitrogen and oxygen atoms in total. The van der Waals surface area contributed by atoms with E-state index in [1.54, 1.807) is 48.4 Å². The normalized spacial score (nSPS) is 15.5. The van der Waals surface area contributed by atoms with Gasteiger partial charge in [-0.2, -0.15) is 5.26 Å². The number of nitrogens with two attached hydrogens (primary N) is 1. The maximum atomic E-state index is 13.5. The second-order valence-electron chi connectivity index (χ2n) is 8.40. The molecule has 2 N–H and O–H groups in total. The Morgan fingerprint density at radius 3 is 2.51 bits per heavy atom. The number of rotatable bonds is 11. The molecule has 1 aliphatic rings. The summed E-state index contributed by atoms with van der Waals surface area (Å²) in [6.45, 7) is 3.21. The average molecular weight is 481 g/mol. The minimum absolute atomic E-state index is 0.163. The molecule has 0 spiro atoms. The number of benzene rings is 2. The molecule has 1 atom stereocenters. The molecule has 3 amide bonds. The van der Waals surface area contributed by atoms with E-state index in [0.717, 1.165) is 24.8 Å². The molecule has 3 rings (SSSR count). The predicted molar refractivity (Wildman–Crippen MR) is 132 cm³/mol. The summed E-state index contributed by atoms with van der Waals surface area (Å²) in [6, 6.07) is 12.1. The van der Waals surface area contributed by atoms with Crippen LogP contribution in [0.25, 0.3) is 0 Å². The number of amides is 3. The largest absolute Gasteiger partial charge is 0.496 e. The number of carbonyl (C=O) groups is 2. The van der Waals surface area contributed by atoms with Crippen LogP contribution in [0.1, 0.15) is 37.3 Å². The molecule has 1 aliphatic heterocycles. The van der Waals surface area contributed by atoms with Gasteiger partial charge in [-0.3, -0.25) is 9.69 Å². The fourth-order valence-electron chi connectivity index (χ4n) is 4.03. The Kier molecular flexibility index (Phi) is 8.79. The van der Waals surface area contributed by atoms with Crippen LogP contribution >= 0.6 is 0 Å². The van der Waals surface area contributed by atoms with Gasteiger partial charge in [-0.25, -0.2) is 4.79 Å². The van der Waals surface area contributed by atoms with Crippen LogP contribution in [0.2, 0.25) is 0 Å². The third-order valence-electron chi connectivity index (χ3n) is 5.99. The highest BCUT2D eigenvalue weighted by atomic mass is 16.5. The molecule has 0 saturated carbocycles. The zero-order chi connectivity index (χ0) is 25.4. The molecule has 9 heteroatoms. The zero-order valence-corrected chi connectivity index (χ0v) is 20.5. The van der Waals surface area contributed by atoms with E-state index < -0.39 is 11.8 Å². The van der Waals surface area contributed by atoms with Crippen molar-refractivity contribution >= 4 is 17.6 Å². The van der Waals surface area contributed by atoms with E-state index in [1.807, 2.05) is 0 Å². The second kappa shape index (κ2) is 12.0. The number of hydrogen-bond acceptors (Lipinski definition) is 6. The Morgan fingerprint density at radius 1 is 1.09 bits per heavy atom. The number of carbonyl (C=O) groups excluding carboxylic acids is 2. The fourth-order valence-corrected chi connectivity index (χ4v) is 4.03. The first-order chi connectivity index (χ1) is 16.9. The first kappa shape index (κ1) is 25.7. The lowest BCUT2D eigenvalue weighted by atomic mass is 10.0. The molecule has 2 aromatic rings. The Hall–Kier alpha value is -3.93. The number of primary amides is 1. The number of hydrogen-bond donors (Lipinski definition) is 1. The van der Waals surface area contributed by atoms with Gasteiger partial charge in [0.1, 0.15) is 5.75 Å². The maximum absolute atomic E-state index is 13.5. The lowest BCUT2D eigenvalue weighted by Crippen LogP contribution is -2.56. The average Bonchev–Trinajstić information content (AvgIpc) is 2.87. The van der Waals surface area contributed by atoms with Gasteiger partial charge in [-0.15, -0.1) is 0 Å². The van der Waals surface area contributed by atoms with Crippen LogP contribution in [0.3, 0.4) is 0 Å². The fraction of sp³-hybridized carbons (Fsp3) is 0.423. The SMILES string of the molecule is CCCCCOc1cc(N2CC(C(N)=O)CN(Cc3ccc(C#N)cc3OC)C2=O)ccc1OC. The summed E-state index contributed by atoms with van der Waals surface area (Å²) < 4.78 is 16.8. The van der Waals surface area contributed by atoms with Gasteiger partial charge in [0.2, 0.25) is 5.91 Å². The number of methoxy groups -OCH3 is 2. The summed E-state index contributed by atoms with van der Waals surface area (Å²) in [6.07, 6.45) is 3.05. The lowest BCUT2D eigenvalue weighted by molar-refractivity contribution is -0.122. The Morgan fingerprint density at radius 2 is 1.86 bits per heavy atom. The summed E-state index contributed by atoms with van der Waals surface area (Å²) >= 11 is 0. The maximum Gasteiger partial charge on any atom is 0.324 e. The van der Waals surface area contributed by atoms with E-state index in [9.17, 15) is 9.59 Å². The molecule has 1 saturated heterocycles. The molecule has 1 heterocycles. The van der Waals surface area contributed by atoms with Gasteiger partial charge in [0, 0.05) is 30.4 Å². The molecule has 0 aliphatic carbocycles. The van der Waals surface area contributed by atoms with Gasteiger partial charge >= 0.3 is 6.03 Å². The third-order valence-corrected chi connectivity index (χ3v) is 5.99. The molecule has 0 aromatic heterocycles. The number of urea groups is 1. The summed E-state index contributed by atoms with van der Waals surface area (Å²) in [5.41, 5.74) is 7.43. The van der Waals surface area contributed by atoms with Gasteiger partial charge in [-0.05, 0) is 30.7 Å². The van der Waals surface area contributed by atoms with Gasteiger partial charge < -0.3 is 24.8 Å². The van der Waals surface area contributed by atoms with Crippen LogP contribution in [0, 0.1) is 17.2 Å². The van der Waals surface area contributed by atoms with Crippen molar-refractivity contribution in [2.45, 2.75) is 32.7 Å². The molecular weight excluding hydrogens is 448 g/mol. The molecule has 0 bridgehead atoms. The highest BCUT2D eigenvalue weighted by Gasteiger charge is 2.36. The topological polar surface area (TPSA) is 118 Å². The molecule has 186 valence electrons. The van der Waals surface area contributed by atoms with E-state index in [-0.39, 0.29) is 25.7 Å². The molecule has 2 aromatic carbocycles. The van der Waals surface area contributed by atoms with Crippen molar-refractivity contribution in [1.82, 2.24) is 4.90 Å². The van der Waals surface area contributed by atoms with Crippen LogP contribution in [0.5, 0.6) is 17.2 Å². The molecule has 1 fully saturated rings. The van der Waals surface area contributed by atoms with Gasteiger partial charge in [-0.1, -0.05) is 25.8 Å². The Labute approximate surface area is 206 Å². The number of nitrogens with zero attached hydrogens (tertiary/aromatic N) is 3. The highest BCUT2D eigenvalue weighted by molar-refractivity contribution is 5.95. The first-order valence-corrected chi connectivity index (χ1v) is 11.6. The Balaban J connectivity index is 1.89. The van der Waals surface area contributed by atoms with Crippen LogP contribution < -0.4 is 24.8 Å². The van der Waals surface area contributed by atoms with E-state index >= 15 is 0 Å². The summed E-state index contributed by atoms with van der Waals surface area (Å²) in [5.74, 6) is 0.560. The van der Waals surface area contributed by atoms with E-state index in [4.69, 9.17) is 25.2 Å². The predicted octanol–water partition coefficient (Wildman–Crippen LogP) is 3.69. The van der Waals surface area contributed by atoms with Crippen molar-refractivity contribution in [3.63, 3.8) is 0 Å². The van der Waals surface area contributed by atoms with Gasteiger partial charge in [0.15, 0.2) is 11.5 Å². The number of unbranched alkanes of at least 4 members (excludes halogenated alkanes) is 2. The van der Waals surface area contributed by atoms with E-state index in [0.29, 0.717) is 35.1 Å². The quantitative estimate of drug-likeness (QED) is 0.490. The van der Waals surface area contributed by atoms with Crippen LogP contribution in [0.4, 0.5) is 10.5 Å². The summed E-state index contributed by atoms with van der Waals surface area (Å²) in [5, 5.41) is 9.16. The monoisotopic (exact) mass is 480 g/mol. The van der Waals surface area contributed by atoms with Gasteiger partial charge in [0.05, 0.1) is 44.9 Å². The van der Waals surface area contributed by atoms with Crippen LogP contribution in [-0.4, -0.2) is 50.8 Å². The molecule has 35 heavy (non-hydrogen) atoms. The lowest BCUT2D eigenvalue weighted by Gasteiger charge is -2.39. The number of anilines is 1. The van der Waals surface area contributed by atoms with Gasteiger partial charge in [0.25, 0.3) is 0 Å². The summed E-state index contributed by atoms with van der Waals surface area (Å²) in [4.78, 5) is 28.8. The summed E-state index contributed by atoms with van der Waals surface area (Å²) in [7, 11) is 3.08. The first-order valence-electron chi connectivity index (χ1n) is 11.6. The second-order valence-corrected chi connectivity index (χ2v) is 8.40. The molecule has 0 radical (unpaired) electrons. The van der Waals surface area contributed by atoms with E-state index in [1.165, 1.54) is 12.0 Å². The molecule has 1 unspecified atom stereocenters. The van der Waals surface area contributed by atoms with Crippen molar-refractivity contribution in [3.05, 3.63) is 47.5 Å². The van der Waals surface area contributed by atoms with Crippen molar-refractivity contribution in [3.8, 4) is 23.3 Å². The molecular formula is C26H32N4O5. The van der Waals surface area contributed by atoms with Crippen molar-refractivity contribution in [2.24, 2.45) is 11.7 Å².